The van der Waals surface area contributed by atoms with E-state index in [9.17, 15) is 0 Å². The fourth-order valence-electron chi connectivity index (χ4n) is 1.83. The molecule has 1 aromatic rings. The van der Waals surface area contributed by atoms with Crippen molar-refractivity contribution in [3.8, 4) is 0 Å². The Morgan fingerprint density at radius 1 is 1.50 bits per heavy atom. The highest BCUT2D eigenvalue weighted by Crippen LogP contribution is 2.35. The first-order valence-corrected chi connectivity index (χ1v) is 4.31. The van der Waals surface area contributed by atoms with E-state index in [4.69, 9.17) is 0 Å². The van der Waals surface area contributed by atoms with Gasteiger partial charge in [-0.15, -0.1) is 0 Å². The third-order valence-electron chi connectivity index (χ3n) is 2.47. The molecule has 0 spiro atoms. The van der Waals surface area contributed by atoms with Gasteiger partial charge in [0.05, 0.1) is 0 Å². The SMILES string of the molecule is C=CN1CC(C)c2ccccc21. The van der Waals surface area contributed by atoms with Crippen molar-refractivity contribution in [2.75, 3.05) is 11.4 Å². The molecule has 0 fully saturated rings. The molecule has 0 saturated carbocycles. The summed E-state index contributed by atoms with van der Waals surface area (Å²) in [5, 5.41) is 0. The van der Waals surface area contributed by atoms with E-state index in [0.717, 1.165) is 6.54 Å². The summed E-state index contributed by atoms with van der Waals surface area (Å²) in [5.41, 5.74) is 2.76. The van der Waals surface area contributed by atoms with Crippen LogP contribution in [-0.2, 0) is 0 Å². The molecule has 0 radical (unpaired) electrons. The molecule has 0 aromatic heterocycles. The second kappa shape index (κ2) is 2.67. The first-order chi connectivity index (χ1) is 5.83. The van der Waals surface area contributed by atoms with Gasteiger partial charge in [0, 0.05) is 18.2 Å². The summed E-state index contributed by atoms with van der Waals surface area (Å²) in [4.78, 5) is 2.21. The van der Waals surface area contributed by atoms with Crippen molar-refractivity contribution in [1.82, 2.24) is 0 Å². The topological polar surface area (TPSA) is 3.24 Å². The van der Waals surface area contributed by atoms with Crippen LogP contribution in [0.2, 0.25) is 0 Å². The molecular weight excluding hydrogens is 146 g/mol. The minimum absolute atomic E-state index is 0.638. The van der Waals surface area contributed by atoms with E-state index < -0.39 is 0 Å². The molecule has 12 heavy (non-hydrogen) atoms. The average Bonchev–Trinajstić information content (AvgIpc) is 2.44. The molecule has 0 aliphatic carbocycles. The van der Waals surface area contributed by atoms with Gasteiger partial charge in [-0.1, -0.05) is 31.7 Å². The lowest BCUT2D eigenvalue weighted by Gasteiger charge is -2.12. The van der Waals surface area contributed by atoms with Crippen molar-refractivity contribution in [3.05, 3.63) is 42.6 Å². The predicted molar refractivity (Wildman–Crippen MR) is 52.4 cm³/mol. The lowest BCUT2D eigenvalue weighted by atomic mass is 10.0. The van der Waals surface area contributed by atoms with Crippen molar-refractivity contribution < 1.29 is 0 Å². The summed E-state index contributed by atoms with van der Waals surface area (Å²) in [5.74, 6) is 0.638. The van der Waals surface area contributed by atoms with E-state index >= 15 is 0 Å². The van der Waals surface area contributed by atoms with Gasteiger partial charge >= 0.3 is 0 Å². The predicted octanol–water partition coefficient (Wildman–Crippen LogP) is 2.75. The van der Waals surface area contributed by atoms with Gasteiger partial charge < -0.3 is 4.90 Å². The Bertz CT molecular complexity index is 304. The summed E-state index contributed by atoms with van der Waals surface area (Å²) < 4.78 is 0. The zero-order valence-corrected chi connectivity index (χ0v) is 7.33. The highest BCUT2D eigenvalue weighted by atomic mass is 15.1. The molecule has 0 saturated heterocycles. The number of nitrogens with zero attached hydrogens (tertiary/aromatic N) is 1. The summed E-state index contributed by atoms with van der Waals surface area (Å²) >= 11 is 0. The van der Waals surface area contributed by atoms with Gasteiger partial charge in [0.1, 0.15) is 0 Å². The zero-order chi connectivity index (χ0) is 8.55. The van der Waals surface area contributed by atoms with Crippen LogP contribution >= 0.6 is 0 Å². The maximum atomic E-state index is 3.80. The van der Waals surface area contributed by atoms with E-state index in [2.05, 4.69) is 42.7 Å². The van der Waals surface area contributed by atoms with Gasteiger partial charge in [-0.2, -0.15) is 0 Å². The van der Waals surface area contributed by atoms with Gasteiger partial charge in [0.15, 0.2) is 0 Å². The van der Waals surface area contributed by atoms with Crippen LogP contribution in [-0.4, -0.2) is 6.54 Å². The Balaban J connectivity index is 2.49. The van der Waals surface area contributed by atoms with Crippen LogP contribution in [0.1, 0.15) is 18.4 Å². The molecule has 1 unspecified atom stereocenters. The van der Waals surface area contributed by atoms with E-state index in [0.29, 0.717) is 5.92 Å². The van der Waals surface area contributed by atoms with E-state index in [1.807, 2.05) is 6.20 Å². The Kier molecular flexibility index (Phi) is 1.65. The number of anilines is 1. The van der Waals surface area contributed by atoms with Crippen LogP contribution in [0.15, 0.2) is 37.0 Å². The molecule has 2 rings (SSSR count). The first-order valence-electron chi connectivity index (χ1n) is 4.31. The van der Waals surface area contributed by atoms with E-state index in [1.165, 1.54) is 11.3 Å². The minimum atomic E-state index is 0.638. The summed E-state index contributed by atoms with van der Waals surface area (Å²) in [7, 11) is 0. The molecule has 1 atom stereocenters. The van der Waals surface area contributed by atoms with Crippen molar-refractivity contribution >= 4 is 5.69 Å². The summed E-state index contributed by atoms with van der Waals surface area (Å²) in [6.07, 6.45) is 1.91. The smallest absolute Gasteiger partial charge is 0.0442 e. The maximum Gasteiger partial charge on any atom is 0.0442 e. The second-order valence-corrected chi connectivity index (χ2v) is 3.29. The monoisotopic (exact) mass is 159 g/mol. The molecule has 1 heterocycles. The third kappa shape index (κ3) is 0.934. The molecule has 62 valence electrons. The number of hydrogen-bond donors (Lipinski definition) is 0. The van der Waals surface area contributed by atoms with Crippen LogP contribution in [0.4, 0.5) is 5.69 Å². The fourth-order valence-corrected chi connectivity index (χ4v) is 1.83. The van der Waals surface area contributed by atoms with Crippen molar-refractivity contribution in [3.63, 3.8) is 0 Å². The van der Waals surface area contributed by atoms with Gasteiger partial charge in [-0.05, 0) is 17.8 Å². The van der Waals surface area contributed by atoms with Crippen LogP contribution in [0.25, 0.3) is 0 Å². The number of fused-ring (bicyclic) bond motifs is 1. The van der Waals surface area contributed by atoms with Crippen molar-refractivity contribution in [1.29, 1.82) is 0 Å². The molecule has 0 N–H and O–H groups in total. The van der Waals surface area contributed by atoms with E-state index in [-0.39, 0.29) is 0 Å². The van der Waals surface area contributed by atoms with Gasteiger partial charge in [-0.25, -0.2) is 0 Å². The lowest BCUT2D eigenvalue weighted by molar-refractivity contribution is 0.811. The van der Waals surface area contributed by atoms with Crippen molar-refractivity contribution in [2.45, 2.75) is 12.8 Å². The molecule has 0 amide bonds. The summed E-state index contributed by atoms with van der Waals surface area (Å²) in [6, 6.07) is 8.53. The van der Waals surface area contributed by atoms with Crippen LogP contribution in [0.3, 0.4) is 0 Å². The molecule has 1 nitrogen and oxygen atoms in total. The van der Waals surface area contributed by atoms with Crippen molar-refractivity contribution in [2.24, 2.45) is 0 Å². The molecule has 1 aliphatic rings. The van der Waals surface area contributed by atoms with Gasteiger partial charge in [0.25, 0.3) is 0 Å². The average molecular weight is 159 g/mol. The Morgan fingerprint density at radius 2 is 2.25 bits per heavy atom. The van der Waals surface area contributed by atoms with Gasteiger partial charge in [0.2, 0.25) is 0 Å². The summed E-state index contributed by atoms with van der Waals surface area (Å²) in [6.45, 7) is 7.13. The number of rotatable bonds is 1. The molecule has 1 aliphatic heterocycles. The molecular formula is C11H13N. The Labute approximate surface area is 73.3 Å². The van der Waals surface area contributed by atoms with Crippen LogP contribution in [0.5, 0.6) is 0 Å². The number of hydrogen-bond acceptors (Lipinski definition) is 1. The molecule has 1 aromatic carbocycles. The highest BCUT2D eigenvalue weighted by molar-refractivity contribution is 5.61. The normalized spacial score (nSPS) is 20.8. The molecule has 0 bridgehead atoms. The first kappa shape index (κ1) is 7.41. The van der Waals surface area contributed by atoms with E-state index in [1.54, 1.807) is 0 Å². The van der Waals surface area contributed by atoms with Crippen LogP contribution in [0, 0.1) is 0 Å². The van der Waals surface area contributed by atoms with Crippen LogP contribution < -0.4 is 4.90 Å². The number of benzene rings is 1. The Morgan fingerprint density at radius 3 is 3.00 bits per heavy atom. The minimum Gasteiger partial charge on any atom is -0.348 e. The highest BCUT2D eigenvalue weighted by Gasteiger charge is 2.22. The standard InChI is InChI=1S/C11H13N/c1-3-12-8-9(2)10-6-4-5-7-11(10)12/h3-7,9H,1,8H2,2H3. The fraction of sp³-hybridized carbons (Fsp3) is 0.273. The quantitative estimate of drug-likeness (QED) is 0.609. The number of para-hydroxylation sites is 1. The Hall–Kier alpha value is -1.24. The largest absolute Gasteiger partial charge is 0.348 e. The lowest BCUT2D eigenvalue weighted by Crippen LogP contribution is -2.12. The molecule has 1 heteroatoms. The third-order valence-corrected chi connectivity index (χ3v) is 2.47. The van der Waals surface area contributed by atoms with Gasteiger partial charge in [-0.3, -0.25) is 0 Å². The second-order valence-electron chi connectivity index (χ2n) is 3.29. The zero-order valence-electron chi connectivity index (χ0n) is 7.33. The maximum absolute atomic E-state index is 3.80.